The van der Waals surface area contributed by atoms with Crippen LogP contribution in [-0.4, -0.2) is 62.1 Å². The molecule has 32 heavy (non-hydrogen) atoms. The van der Waals surface area contributed by atoms with Crippen molar-refractivity contribution in [2.24, 2.45) is 5.41 Å². The number of sulfonamides is 1. The van der Waals surface area contributed by atoms with Crippen LogP contribution >= 0.6 is 0 Å². The van der Waals surface area contributed by atoms with Crippen LogP contribution in [0.3, 0.4) is 0 Å². The molecule has 5 rings (SSSR count). The second kappa shape index (κ2) is 7.43. The van der Waals surface area contributed by atoms with E-state index in [2.05, 4.69) is 19.9 Å². The van der Waals surface area contributed by atoms with Gasteiger partial charge in [-0.2, -0.15) is 5.26 Å². The maximum atomic E-state index is 13.2. The van der Waals surface area contributed by atoms with Crippen molar-refractivity contribution in [2.45, 2.75) is 43.0 Å². The Morgan fingerprint density at radius 3 is 2.59 bits per heavy atom. The number of amides is 1. The summed E-state index contributed by atoms with van der Waals surface area (Å²) in [6.07, 6.45) is 6.37. The summed E-state index contributed by atoms with van der Waals surface area (Å²) in [5.41, 5.74) is 1.20. The van der Waals surface area contributed by atoms with E-state index in [1.54, 1.807) is 6.07 Å². The normalized spacial score (nSPS) is 21.2. The zero-order valence-electron chi connectivity index (χ0n) is 17.9. The van der Waals surface area contributed by atoms with Gasteiger partial charge in [-0.1, -0.05) is 0 Å². The summed E-state index contributed by atoms with van der Waals surface area (Å²) in [7, 11) is -3.79. The van der Waals surface area contributed by atoms with Gasteiger partial charge in [-0.15, -0.1) is 0 Å². The third-order valence-electron chi connectivity index (χ3n) is 6.79. The van der Waals surface area contributed by atoms with E-state index in [1.165, 1.54) is 16.8 Å². The number of piperidine rings is 1. The van der Waals surface area contributed by atoms with Gasteiger partial charge in [-0.25, -0.2) is 18.1 Å². The quantitative estimate of drug-likeness (QED) is 0.619. The maximum absolute atomic E-state index is 13.2. The van der Waals surface area contributed by atoms with Gasteiger partial charge in [0.1, 0.15) is 17.1 Å². The minimum atomic E-state index is -3.79. The molecule has 1 amide bonds. The van der Waals surface area contributed by atoms with Crippen LogP contribution in [-0.2, 0) is 14.8 Å². The first-order valence-corrected chi connectivity index (χ1v) is 12.3. The number of anilines is 1. The minimum absolute atomic E-state index is 0.0905. The molecule has 11 heteroatoms. The Hall–Kier alpha value is -2.68. The Kier molecular flexibility index (Phi) is 4.92. The van der Waals surface area contributed by atoms with Gasteiger partial charge < -0.3 is 15.0 Å². The number of fused-ring (bicyclic) bond motifs is 1. The number of pyridine rings is 1. The number of hydrogen-bond donors (Lipinski definition) is 2. The fraction of sp³-hybridized carbons (Fsp3) is 0.571. The number of rotatable bonds is 6. The van der Waals surface area contributed by atoms with Crippen LogP contribution in [0.15, 0.2) is 23.4 Å². The first-order chi connectivity index (χ1) is 15.2. The lowest BCUT2D eigenvalue weighted by molar-refractivity contribution is -0.124. The summed E-state index contributed by atoms with van der Waals surface area (Å²) in [4.78, 5) is 19.3. The Morgan fingerprint density at radius 1 is 1.28 bits per heavy atom. The van der Waals surface area contributed by atoms with E-state index >= 15 is 0 Å². The summed E-state index contributed by atoms with van der Waals surface area (Å²) in [6.45, 7) is 4.81. The van der Waals surface area contributed by atoms with Gasteiger partial charge in [0.15, 0.2) is 5.65 Å². The predicted molar refractivity (Wildman–Crippen MR) is 116 cm³/mol. The lowest BCUT2D eigenvalue weighted by Crippen LogP contribution is -2.51. The van der Waals surface area contributed by atoms with Gasteiger partial charge in [0.2, 0.25) is 10.0 Å². The van der Waals surface area contributed by atoms with Crippen LogP contribution in [0.1, 0.15) is 43.1 Å². The van der Waals surface area contributed by atoms with Crippen molar-refractivity contribution >= 4 is 27.3 Å². The molecule has 3 fully saturated rings. The molecule has 1 saturated carbocycles. The van der Waals surface area contributed by atoms with Gasteiger partial charge in [-0.3, -0.25) is 9.20 Å². The largest absolute Gasteiger partial charge is 0.380 e. The van der Waals surface area contributed by atoms with E-state index in [0.29, 0.717) is 11.3 Å². The molecule has 4 heterocycles. The first kappa shape index (κ1) is 21.2. The average Bonchev–Trinajstić information content (AvgIpc) is 3.30. The molecule has 2 aromatic heterocycles. The molecule has 0 atom stereocenters. The number of hydrogen-bond acceptors (Lipinski definition) is 7. The van der Waals surface area contributed by atoms with Crippen LogP contribution in [0.4, 0.5) is 5.69 Å². The Bertz CT molecular complexity index is 1210. The fourth-order valence-corrected chi connectivity index (χ4v) is 5.86. The smallest absolute Gasteiger partial charge is 0.270 e. The van der Waals surface area contributed by atoms with Crippen LogP contribution in [0.2, 0.25) is 0 Å². The van der Waals surface area contributed by atoms with Crippen molar-refractivity contribution in [3.63, 3.8) is 0 Å². The molecule has 0 unspecified atom stereocenters. The molecular weight excluding hydrogens is 432 g/mol. The van der Waals surface area contributed by atoms with E-state index in [9.17, 15) is 13.2 Å². The summed E-state index contributed by atoms with van der Waals surface area (Å²) in [5, 5.41) is 11.3. The fourth-order valence-electron chi connectivity index (χ4n) is 4.38. The molecule has 2 aromatic rings. The number of carbonyl (C=O) groups is 1. The van der Waals surface area contributed by atoms with Crippen molar-refractivity contribution in [2.75, 3.05) is 37.7 Å². The van der Waals surface area contributed by atoms with E-state index < -0.39 is 21.5 Å². The Morgan fingerprint density at radius 2 is 2.00 bits per heavy atom. The van der Waals surface area contributed by atoms with Crippen molar-refractivity contribution in [3.05, 3.63) is 24.2 Å². The topological polar surface area (TPSA) is 129 Å². The molecule has 0 radical (unpaired) electrons. The highest BCUT2D eigenvalue weighted by atomic mass is 32.2. The second-order valence-electron chi connectivity index (χ2n) is 9.38. The zero-order chi connectivity index (χ0) is 22.6. The summed E-state index contributed by atoms with van der Waals surface area (Å²) in [5.74, 6) is -0.481. The van der Waals surface area contributed by atoms with E-state index in [4.69, 9.17) is 10.00 Å². The highest BCUT2D eigenvalue weighted by molar-refractivity contribution is 7.89. The van der Waals surface area contributed by atoms with Gasteiger partial charge in [0.05, 0.1) is 31.2 Å². The highest BCUT2D eigenvalue weighted by Crippen LogP contribution is 2.41. The monoisotopic (exact) mass is 458 g/mol. The summed E-state index contributed by atoms with van der Waals surface area (Å²) in [6, 6.07) is 3.53. The Balaban J connectivity index is 1.56. The lowest BCUT2D eigenvalue weighted by Gasteiger charge is -2.47. The van der Waals surface area contributed by atoms with Crippen molar-refractivity contribution in [1.82, 2.24) is 19.4 Å². The van der Waals surface area contributed by atoms with Crippen LogP contribution < -0.4 is 14.9 Å². The number of nitriles is 1. The number of aromatic nitrogens is 2. The summed E-state index contributed by atoms with van der Waals surface area (Å²) >= 11 is 0. The van der Waals surface area contributed by atoms with E-state index in [-0.39, 0.29) is 22.5 Å². The van der Waals surface area contributed by atoms with Gasteiger partial charge in [-0.05, 0) is 38.7 Å². The van der Waals surface area contributed by atoms with Crippen LogP contribution in [0.5, 0.6) is 0 Å². The van der Waals surface area contributed by atoms with E-state index in [1.807, 2.05) is 13.0 Å². The van der Waals surface area contributed by atoms with E-state index in [0.717, 1.165) is 52.0 Å². The maximum Gasteiger partial charge on any atom is 0.270 e. The minimum Gasteiger partial charge on any atom is -0.380 e. The molecule has 0 bridgehead atoms. The molecule has 3 aliphatic rings. The van der Waals surface area contributed by atoms with Crippen molar-refractivity contribution < 1.29 is 17.9 Å². The SMILES string of the molecule is CC1(NS(=O)(=O)c2cc(N3CCC4(CC3)COC4)c3ncc(C(=O)NCC#N)n3c2)CC1. The number of ether oxygens (including phenoxy) is 1. The molecule has 2 aliphatic heterocycles. The van der Waals surface area contributed by atoms with Crippen molar-refractivity contribution in [3.8, 4) is 6.07 Å². The zero-order valence-corrected chi connectivity index (χ0v) is 18.7. The third-order valence-corrected chi connectivity index (χ3v) is 8.40. The van der Waals surface area contributed by atoms with Crippen molar-refractivity contribution in [1.29, 1.82) is 5.26 Å². The third kappa shape index (κ3) is 3.72. The van der Waals surface area contributed by atoms with Crippen LogP contribution in [0.25, 0.3) is 5.65 Å². The average molecular weight is 459 g/mol. The predicted octanol–water partition coefficient (Wildman–Crippen LogP) is 1.04. The molecule has 1 aliphatic carbocycles. The number of imidazole rings is 1. The van der Waals surface area contributed by atoms with Gasteiger partial charge in [0.25, 0.3) is 5.91 Å². The molecule has 2 saturated heterocycles. The standard InChI is InChI=1S/C21H26N6O4S/c1-20(2-3-20)25-32(29,30)15-10-16(26-8-4-21(5-9-26)13-31-14-21)18-24-11-17(27(18)12-15)19(28)23-7-6-22/h10-12,25H,2-5,7-9,13-14H2,1H3,(H,23,28). The molecule has 10 nitrogen and oxygen atoms in total. The number of nitrogens with one attached hydrogen (secondary N) is 2. The highest BCUT2D eigenvalue weighted by Gasteiger charge is 2.43. The molecule has 0 aromatic carbocycles. The number of nitrogens with zero attached hydrogens (tertiary/aromatic N) is 4. The number of carbonyl (C=O) groups excluding carboxylic acids is 1. The molecular formula is C21H26N6O4S. The molecule has 1 spiro atoms. The van der Waals surface area contributed by atoms with Crippen LogP contribution in [0, 0.1) is 16.7 Å². The van der Waals surface area contributed by atoms with Gasteiger partial charge >= 0.3 is 0 Å². The Labute approximate surface area is 186 Å². The molecule has 170 valence electrons. The summed E-state index contributed by atoms with van der Waals surface area (Å²) < 4.78 is 36.1. The molecule has 2 N–H and O–H groups in total. The second-order valence-corrected chi connectivity index (χ2v) is 11.1. The first-order valence-electron chi connectivity index (χ1n) is 10.8. The van der Waals surface area contributed by atoms with Gasteiger partial charge in [0, 0.05) is 30.2 Å². The lowest BCUT2D eigenvalue weighted by atomic mass is 9.77.